The van der Waals surface area contributed by atoms with E-state index in [-0.39, 0.29) is 48.7 Å². The highest BCUT2D eigenvalue weighted by Gasteiger charge is 2.25. The van der Waals surface area contributed by atoms with E-state index in [2.05, 4.69) is 80.0 Å². The molecule has 0 atom stereocenters. The molecule has 0 bridgehead atoms. The van der Waals surface area contributed by atoms with Crippen molar-refractivity contribution in [2.75, 3.05) is 82.8 Å². The van der Waals surface area contributed by atoms with Gasteiger partial charge < -0.3 is 39.8 Å². The molecule has 4 rings (SSSR count). The molecule has 0 saturated carbocycles. The molecule has 2 amide bonds. The van der Waals surface area contributed by atoms with Crippen molar-refractivity contribution < 1.29 is 44.3 Å². The number of thiophene rings is 2. The third kappa shape index (κ3) is 16.4. The molecule has 2 heterocycles. The number of hydrogen-bond acceptors (Lipinski definition) is 12. The number of aromatic hydroxyl groups is 1. The minimum absolute atomic E-state index is 0. The van der Waals surface area contributed by atoms with Gasteiger partial charge in [0.05, 0.1) is 40.1 Å². The summed E-state index contributed by atoms with van der Waals surface area (Å²) in [5.74, 6) is -0.0489. The molecule has 0 saturated heterocycles. The lowest BCUT2D eigenvalue weighted by Gasteiger charge is -2.18. The number of phenolic OH excluding ortho intramolecular Hbond substituents is 1. The molecule has 12 nitrogen and oxygen atoms in total. The van der Waals surface area contributed by atoms with Crippen molar-refractivity contribution >= 4 is 132 Å². The SMILES string of the molecule is CCN(CC)CCCl.CCOC(=O)c1c(NC(C)=O)sc2c(O)c(Br)ccc12.CCOC(=O)c1c(NC(C)=O)sc2c(OCCN(CC)CC)c(Br)ccc12.Cl.[2H]CF. The summed E-state index contributed by atoms with van der Waals surface area (Å²) in [5, 5.41) is 17.5. The first-order chi connectivity index (χ1) is 27.6. The lowest BCUT2D eigenvalue weighted by atomic mass is 10.1. The predicted octanol–water partition coefficient (Wildman–Crippen LogP) is 10.6. The van der Waals surface area contributed by atoms with Crippen LogP contribution in [0.2, 0.25) is 0 Å². The maximum Gasteiger partial charge on any atom is 0.341 e. The normalized spacial score (nSPS) is 10.6. The Labute approximate surface area is 378 Å². The van der Waals surface area contributed by atoms with Gasteiger partial charge in [-0.05, 0) is 84.0 Å². The third-order valence-electron chi connectivity index (χ3n) is 7.93. The fourth-order valence-corrected chi connectivity index (χ4v) is 8.85. The summed E-state index contributed by atoms with van der Waals surface area (Å²) in [6, 6.07) is 7.03. The van der Waals surface area contributed by atoms with E-state index >= 15 is 0 Å². The number of amides is 2. The van der Waals surface area contributed by atoms with Gasteiger partial charge in [0.1, 0.15) is 33.5 Å². The van der Waals surface area contributed by atoms with Gasteiger partial charge in [-0.1, -0.05) is 39.8 Å². The Kier molecular flexibility index (Phi) is 27.0. The van der Waals surface area contributed by atoms with Gasteiger partial charge in [-0.15, -0.1) is 46.7 Å². The van der Waals surface area contributed by atoms with Gasteiger partial charge in [0.15, 0.2) is 5.75 Å². The van der Waals surface area contributed by atoms with Crippen LogP contribution in [0.25, 0.3) is 20.2 Å². The number of benzene rings is 2. The smallest absolute Gasteiger partial charge is 0.341 e. The Bertz CT molecular complexity index is 1930. The second kappa shape index (κ2) is 29.5. The van der Waals surface area contributed by atoms with Gasteiger partial charge in [0.25, 0.3) is 0 Å². The monoisotopic (exact) mass is 1020 g/mol. The third-order valence-corrected chi connectivity index (χ3v) is 11.6. The van der Waals surface area contributed by atoms with Crippen LogP contribution in [-0.2, 0) is 19.1 Å². The molecule has 3 N–H and O–H groups in total. The van der Waals surface area contributed by atoms with Crippen molar-refractivity contribution in [3.63, 3.8) is 0 Å². The summed E-state index contributed by atoms with van der Waals surface area (Å²) in [6.45, 7) is 21.8. The van der Waals surface area contributed by atoms with E-state index in [1.807, 2.05) is 12.1 Å². The second-order valence-electron chi connectivity index (χ2n) is 11.5. The number of carbonyl (C=O) groups excluding carboxylic acids is 4. The highest BCUT2D eigenvalue weighted by molar-refractivity contribution is 9.11. The van der Waals surface area contributed by atoms with Crippen LogP contribution in [0.4, 0.5) is 14.4 Å². The molecular formula is C39H55Br2Cl2FN4O8S2. The fourth-order valence-electron chi connectivity index (χ4n) is 5.15. The van der Waals surface area contributed by atoms with Gasteiger partial charge in [-0.25, -0.2) is 9.59 Å². The van der Waals surface area contributed by atoms with E-state index in [9.17, 15) is 28.7 Å². The maximum absolute atomic E-state index is 12.5. The van der Waals surface area contributed by atoms with Crippen LogP contribution >= 0.6 is 78.5 Å². The number of nitrogens with zero attached hydrogens (tertiary/aromatic N) is 2. The van der Waals surface area contributed by atoms with Crippen molar-refractivity contribution in [2.24, 2.45) is 0 Å². The first kappa shape index (κ1) is 53.2. The highest BCUT2D eigenvalue weighted by atomic mass is 79.9. The fraction of sp³-hybridized carbons (Fsp3) is 0.487. The molecule has 0 fully saturated rings. The Hall–Kier alpha value is -2.77. The number of fused-ring (bicyclic) bond motifs is 2. The van der Waals surface area contributed by atoms with Gasteiger partial charge >= 0.3 is 11.9 Å². The minimum Gasteiger partial charge on any atom is -0.505 e. The zero-order valence-corrected chi connectivity index (χ0v) is 40.4. The van der Waals surface area contributed by atoms with Crippen LogP contribution < -0.4 is 15.4 Å². The first-order valence-corrected chi connectivity index (χ1v) is 22.0. The second-order valence-corrected chi connectivity index (χ2v) is 15.7. The number of alkyl halides is 2. The Balaban J connectivity index is 0.000000920. The van der Waals surface area contributed by atoms with Crippen LogP contribution in [0, 0.1) is 0 Å². The number of likely N-dealkylation sites (N-methyl/N-ethyl adjacent to an activating group) is 1. The highest BCUT2D eigenvalue weighted by Crippen LogP contribution is 2.45. The topological polar surface area (TPSA) is 147 Å². The number of anilines is 2. The molecule has 0 spiro atoms. The summed E-state index contributed by atoms with van der Waals surface area (Å²) in [4.78, 5) is 51.9. The van der Waals surface area contributed by atoms with E-state index < -0.39 is 19.1 Å². The molecule has 58 heavy (non-hydrogen) atoms. The number of rotatable bonds is 16. The molecule has 0 unspecified atom stereocenters. The summed E-state index contributed by atoms with van der Waals surface area (Å²) in [7, 11) is -1.00. The Morgan fingerprint density at radius 3 is 1.59 bits per heavy atom. The van der Waals surface area contributed by atoms with E-state index in [1.165, 1.54) is 25.2 Å². The van der Waals surface area contributed by atoms with Gasteiger partial charge in [-0.2, -0.15) is 0 Å². The number of phenols is 1. The lowest BCUT2D eigenvalue weighted by molar-refractivity contribution is -0.115. The number of ether oxygens (including phenoxy) is 3. The van der Waals surface area contributed by atoms with Gasteiger partial charge in [-0.3, -0.25) is 14.0 Å². The van der Waals surface area contributed by atoms with Gasteiger partial charge in [0, 0.05) is 43.6 Å². The molecule has 4 aromatic rings. The molecule has 326 valence electrons. The lowest BCUT2D eigenvalue weighted by Crippen LogP contribution is -2.27. The quantitative estimate of drug-likeness (QED) is 0.0732. The van der Waals surface area contributed by atoms with E-state index in [1.54, 1.807) is 26.0 Å². The van der Waals surface area contributed by atoms with Crippen molar-refractivity contribution in [3.05, 3.63) is 44.3 Å². The average molecular weight is 1020 g/mol. The molecule has 0 radical (unpaired) electrons. The van der Waals surface area contributed by atoms with Crippen LogP contribution in [-0.4, -0.2) is 111 Å². The predicted molar refractivity (Wildman–Crippen MR) is 247 cm³/mol. The number of hydrogen-bond donors (Lipinski definition) is 3. The standard InChI is InChI=1S/C19H25BrN2O4S.C13H12BrNO4S.C6H14ClN.CH3F.ClH/c1-5-22(6-2)10-11-26-16-14(20)9-8-13-15(19(24)25-7-3)18(21-12(4)23)27-17(13)16;1-3-19-13(18)9-7-4-5-8(14)10(17)11(7)20-12(9)15-6(2)16;1-3-8(4-2)6-5-7;1-2;/h8-9H,5-7,10-11H2,1-4H3,(H,21,23);4-5,17H,3H2,1-2H3,(H,15,16);3-6H2,1-2H3;1H3;1H/i;;;1D;. The Morgan fingerprint density at radius 2 is 1.19 bits per heavy atom. The molecule has 0 aliphatic carbocycles. The van der Waals surface area contributed by atoms with Gasteiger partial charge in [0.2, 0.25) is 11.8 Å². The number of esters is 2. The van der Waals surface area contributed by atoms with E-state index in [4.69, 9.17) is 27.2 Å². The zero-order chi connectivity index (χ0) is 43.9. The molecule has 19 heteroatoms. The number of halogens is 5. The summed E-state index contributed by atoms with van der Waals surface area (Å²) < 4.78 is 34.4. The van der Waals surface area contributed by atoms with E-state index in [0.29, 0.717) is 47.9 Å². The van der Waals surface area contributed by atoms with Crippen LogP contribution in [0.1, 0.15) is 77.5 Å². The van der Waals surface area contributed by atoms with Crippen LogP contribution in [0.15, 0.2) is 33.2 Å². The van der Waals surface area contributed by atoms with E-state index in [0.717, 1.165) is 65.7 Å². The molecule has 0 aliphatic heterocycles. The minimum atomic E-state index is -1.00. The van der Waals surface area contributed by atoms with Crippen molar-refractivity contribution in [2.45, 2.75) is 55.4 Å². The maximum atomic E-state index is 12.5. The summed E-state index contributed by atoms with van der Waals surface area (Å²) >= 11 is 14.7. The average Bonchev–Trinajstić information content (AvgIpc) is 3.73. The van der Waals surface area contributed by atoms with Crippen molar-refractivity contribution in [1.29, 1.82) is 0 Å². The largest absolute Gasteiger partial charge is 0.505 e. The zero-order valence-electron chi connectivity index (χ0n) is 35.0. The molecule has 0 aliphatic rings. The summed E-state index contributed by atoms with van der Waals surface area (Å²) in [5.41, 5.74) is 0.637. The molecular weight excluding hydrogens is 966 g/mol. The number of carbonyl (C=O) groups is 4. The van der Waals surface area contributed by atoms with Crippen molar-refractivity contribution in [3.8, 4) is 11.5 Å². The molecule has 2 aromatic carbocycles. The first-order valence-electron chi connectivity index (χ1n) is 18.9. The van der Waals surface area contributed by atoms with Crippen molar-refractivity contribution in [1.82, 2.24) is 9.80 Å². The summed E-state index contributed by atoms with van der Waals surface area (Å²) in [6.07, 6.45) is 0. The van der Waals surface area contributed by atoms with Crippen LogP contribution in [0.5, 0.6) is 11.5 Å². The molecule has 2 aromatic heterocycles. The van der Waals surface area contributed by atoms with Crippen LogP contribution in [0.3, 0.4) is 0 Å². The number of nitrogens with one attached hydrogen (secondary N) is 2. The Morgan fingerprint density at radius 1 is 0.776 bits per heavy atom.